The summed E-state index contributed by atoms with van der Waals surface area (Å²) < 4.78 is 10.2. The molecule has 40 heavy (non-hydrogen) atoms. The summed E-state index contributed by atoms with van der Waals surface area (Å²) in [7, 11) is 0. The molecule has 3 heterocycles. The van der Waals surface area contributed by atoms with Gasteiger partial charge in [0.25, 0.3) is 0 Å². The number of thioether (sulfide) groups is 1. The van der Waals surface area contributed by atoms with Gasteiger partial charge in [-0.25, -0.2) is 9.59 Å². The lowest BCUT2D eigenvalue weighted by molar-refractivity contribution is -0.173. The van der Waals surface area contributed by atoms with Crippen molar-refractivity contribution in [2.45, 2.75) is 57.6 Å². The summed E-state index contributed by atoms with van der Waals surface area (Å²) in [6.07, 6.45) is -0.483. The quantitative estimate of drug-likeness (QED) is 0.181. The molecule has 2 amide bonds. The van der Waals surface area contributed by atoms with Crippen LogP contribution in [0.25, 0.3) is 0 Å². The van der Waals surface area contributed by atoms with Gasteiger partial charge in [-0.1, -0.05) is 26.8 Å². The number of carbonyl (C=O) groups is 5. The van der Waals surface area contributed by atoms with Crippen LogP contribution in [-0.4, -0.2) is 81.6 Å². The van der Waals surface area contributed by atoms with Crippen molar-refractivity contribution in [2.24, 2.45) is 17.8 Å². The molecule has 0 saturated carbocycles. The van der Waals surface area contributed by atoms with E-state index in [4.69, 9.17) is 9.47 Å². The highest BCUT2D eigenvalue weighted by atomic mass is 32.2. The molecule has 12 nitrogen and oxygen atoms in total. The van der Waals surface area contributed by atoms with E-state index in [1.54, 1.807) is 26.0 Å². The molecule has 0 aromatic heterocycles. The minimum Gasteiger partial charge on any atom is -0.478 e. The Morgan fingerprint density at radius 3 is 2.58 bits per heavy atom. The summed E-state index contributed by atoms with van der Waals surface area (Å²) in [5.41, 5.74) is 0.495. The Kier molecular flexibility index (Phi) is 8.86. The number of hydrogen-bond donors (Lipinski definition) is 4. The molecular weight excluding hydrogens is 542 g/mol. The maximum Gasteiger partial charge on any atom is 0.358 e. The fraction of sp³-hybridized carbons (Fsp3) is 0.519. The lowest BCUT2D eigenvalue weighted by atomic mass is 9.79. The number of nitrogens with one attached hydrogen (secondary N) is 2. The maximum atomic E-state index is 13.1. The molecule has 3 aliphatic heterocycles. The molecule has 3 aliphatic rings. The second kappa shape index (κ2) is 12.0. The molecule has 1 aromatic rings. The summed E-state index contributed by atoms with van der Waals surface area (Å²) in [6.45, 7) is 6.57. The van der Waals surface area contributed by atoms with Crippen LogP contribution in [0.5, 0.6) is 0 Å². The topological polar surface area (TPSA) is 172 Å². The predicted molar refractivity (Wildman–Crippen MR) is 144 cm³/mol. The number of aliphatic hydroxyl groups excluding tert-OH is 1. The van der Waals surface area contributed by atoms with Crippen LogP contribution in [0.1, 0.15) is 44.5 Å². The van der Waals surface area contributed by atoms with Gasteiger partial charge in [-0.2, -0.15) is 0 Å². The highest BCUT2D eigenvalue weighted by Gasteiger charge is 2.60. The smallest absolute Gasteiger partial charge is 0.358 e. The minimum absolute atomic E-state index is 0.0563. The van der Waals surface area contributed by atoms with Crippen LogP contribution in [0, 0.1) is 17.8 Å². The van der Waals surface area contributed by atoms with E-state index in [0.717, 1.165) is 0 Å². The third-order valence-corrected chi connectivity index (χ3v) is 8.75. The summed E-state index contributed by atoms with van der Waals surface area (Å²) >= 11 is 1.38. The van der Waals surface area contributed by atoms with Gasteiger partial charge in [0.1, 0.15) is 5.70 Å². The molecule has 4 rings (SSSR count). The number of hydrogen-bond acceptors (Lipinski definition) is 10. The molecule has 0 spiro atoms. The number of β-lactam (4-membered cyclic amide) rings is 1. The van der Waals surface area contributed by atoms with E-state index in [1.807, 2.05) is 6.92 Å². The van der Waals surface area contributed by atoms with Crippen molar-refractivity contribution < 1.29 is 43.7 Å². The number of benzene rings is 1. The van der Waals surface area contributed by atoms with Crippen molar-refractivity contribution in [2.75, 3.05) is 18.7 Å². The van der Waals surface area contributed by atoms with Gasteiger partial charge in [-0.05, 0) is 31.5 Å². The van der Waals surface area contributed by atoms with E-state index in [2.05, 4.69) is 10.6 Å². The van der Waals surface area contributed by atoms with Gasteiger partial charge < -0.3 is 35.2 Å². The van der Waals surface area contributed by atoms with Crippen molar-refractivity contribution in [1.29, 1.82) is 0 Å². The van der Waals surface area contributed by atoms with Gasteiger partial charge in [0, 0.05) is 28.3 Å². The molecular formula is C27H33N3O9S. The summed E-state index contributed by atoms with van der Waals surface area (Å²) in [5.74, 6) is -4.45. The minimum atomic E-state index is -1.10. The van der Waals surface area contributed by atoms with Gasteiger partial charge in [-0.3, -0.25) is 14.4 Å². The predicted octanol–water partition coefficient (Wildman–Crippen LogP) is 1.56. The normalized spacial score (nSPS) is 26.3. The number of anilines is 1. The van der Waals surface area contributed by atoms with Gasteiger partial charge in [0.05, 0.1) is 35.6 Å². The number of rotatable bonds is 10. The number of fused-ring (bicyclic) bond motifs is 1. The van der Waals surface area contributed by atoms with E-state index < -0.39 is 54.7 Å². The summed E-state index contributed by atoms with van der Waals surface area (Å²) in [4.78, 5) is 63.9. The van der Waals surface area contributed by atoms with Crippen LogP contribution in [0.4, 0.5) is 5.69 Å². The largest absolute Gasteiger partial charge is 0.478 e. The van der Waals surface area contributed by atoms with E-state index in [9.17, 15) is 34.2 Å². The number of aliphatic hydroxyl groups is 1. The van der Waals surface area contributed by atoms with E-state index in [0.29, 0.717) is 23.6 Å². The standard InChI is InChI=1S/C27H33N3O9S/c1-12(2)26(36)38-11-39-27(37)21-22(13(3)20-19(14(4)31)24(33)30(20)21)40-17-9-18(28-10-17)23(32)29-16-7-5-6-15(8-16)25(34)35/h5-8,12-14,17-20,28,31H,9-11H2,1-4H3,(H,29,32)(H,34,35)/t13-,14-,17+,18+,19-,20-/m1/s1. The Morgan fingerprint density at radius 2 is 1.93 bits per heavy atom. The van der Waals surface area contributed by atoms with Crippen LogP contribution in [0.3, 0.4) is 0 Å². The molecule has 1 aromatic carbocycles. The van der Waals surface area contributed by atoms with Crippen molar-refractivity contribution in [3.63, 3.8) is 0 Å². The Labute approximate surface area is 235 Å². The van der Waals surface area contributed by atoms with E-state index in [1.165, 1.54) is 35.7 Å². The fourth-order valence-electron chi connectivity index (χ4n) is 5.18. The maximum absolute atomic E-state index is 13.1. The van der Waals surface area contributed by atoms with Crippen LogP contribution in [0.2, 0.25) is 0 Å². The summed E-state index contributed by atoms with van der Waals surface area (Å²) in [5, 5.41) is 25.1. The van der Waals surface area contributed by atoms with Crippen LogP contribution in [0.15, 0.2) is 34.9 Å². The lowest BCUT2D eigenvalue weighted by Gasteiger charge is -2.46. The molecule has 0 radical (unpaired) electrons. The average molecular weight is 576 g/mol. The molecule has 216 valence electrons. The third kappa shape index (κ3) is 5.86. The van der Waals surface area contributed by atoms with Crippen molar-refractivity contribution in [3.8, 4) is 0 Å². The number of carbonyl (C=O) groups excluding carboxylic acids is 4. The van der Waals surface area contributed by atoms with Gasteiger partial charge in [0.2, 0.25) is 18.6 Å². The number of esters is 2. The molecule has 4 N–H and O–H groups in total. The highest BCUT2D eigenvalue weighted by Crippen LogP contribution is 2.52. The van der Waals surface area contributed by atoms with Crippen molar-refractivity contribution in [1.82, 2.24) is 10.2 Å². The zero-order valence-electron chi connectivity index (χ0n) is 22.6. The Hall–Kier alpha value is -3.42. The molecule has 0 unspecified atom stereocenters. The van der Waals surface area contributed by atoms with Crippen LogP contribution < -0.4 is 10.6 Å². The second-order valence-electron chi connectivity index (χ2n) is 10.4. The number of carboxylic acid groups (broad SMARTS) is 1. The molecule has 0 bridgehead atoms. The van der Waals surface area contributed by atoms with Crippen LogP contribution in [-0.2, 0) is 28.7 Å². The first kappa shape index (κ1) is 29.6. The Balaban J connectivity index is 1.46. The molecule has 2 fully saturated rings. The molecule has 6 atom stereocenters. The molecule has 13 heteroatoms. The average Bonchev–Trinajstić information content (AvgIpc) is 3.45. The highest BCUT2D eigenvalue weighted by molar-refractivity contribution is 8.03. The fourth-order valence-corrected chi connectivity index (χ4v) is 6.65. The number of aromatic carboxylic acids is 1. The molecule has 2 saturated heterocycles. The second-order valence-corrected chi connectivity index (χ2v) is 11.8. The number of ether oxygens (including phenoxy) is 2. The first-order chi connectivity index (χ1) is 18.9. The van der Waals surface area contributed by atoms with E-state index in [-0.39, 0.29) is 34.2 Å². The number of carboxylic acids is 1. The summed E-state index contributed by atoms with van der Waals surface area (Å²) in [6, 6.07) is 4.99. The number of nitrogens with zero attached hydrogens (tertiary/aromatic N) is 1. The Bertz CT molecular complexity index is 1250. The van der Waals surface area contributed by atoms with Gasteiger partial charge >= 0.3 is 17.9 Å². The van der Waals surface area contributed by atoms with Crippen molar-refractivity contribution in [3.05, 3.63) is 40.4 Å². The SMILES string of the molecule is CC(C)C(=O)OCOC(=O)C1=C(S[C@@H]2CN[C@H](C(=O)Nc3cccc(C(=O)O)c3)C2)[C@H](C)[C@@H]2[C@@H]([C@@H](C)O)C(=O)N12. The van der Waals surface area contributed by atoms with Gasteiger partial charge in [-0.15, -0.1) is 11.8 Å². The van der Waals surface area contributed by atoms with Crippen molar-refractivity contribution >= 4 is 47.2 Å². The third-order valence-electron chi connectivity index (χ3n) is 7.24. The monoisotopic (exact) mass is 575 g/mol. The Morgan fingerprint density at radius 1 is 1.20 bits per heavy atom. The van der Waals surface area contributed by atoms with E-state index >= 15 is 0 Å². The zero-order valence-corrected chi connectivity index (χ0v) is 23.4. The first-order valence-electron chi connectivity index (χ1n) is 13.0. The zero-order chi connectivity index (χ0) is 29.3. The van der Waals surface area contributed by atoms with Gasteiger partial charge in [0.15, 0.2) is 0 Å². The molecule has 0 aliphatic carbocycles. The lowest BCUT2D eigenvalue weighted by Crippen LogP contribution is -2.63. The van der Waals surface area contributed by atoms with Crippen LogP contribution >= 0.6 is 11.8 Å². The number of amides is 2. The first-order valence-corrected chi connectivity index (χ1v) is 13.9.